The lowest BCUT2D eigenvalue weighted by atomic mass is 9.92. The van der Waals surface area contributed by atoms with E-state index in [1.54, 1.807) is 24.3 Å². The fraction of sp³-hybridized carbons (Fsp3) is 0.500. The van der Waals surface area contributed by atoms with Crippen molar-refractivity contribution >= 4 is 34.4 Å². The molecule has 0 atom stereocenters. The Labute approximate surface area is 251 Å². The number of carbonyl (C=O) groups is 3. The van der Waals surface area contributed by atoms with Crippen LogP contribution in [0.3, 0.4) is 0 Å². The Morgan fingerprint density at radius 1 is 1.00 bits per heavy atom. The first-order valence-corrected chi connectivity index (χ1v) is 15.1. The van der Waals surface area contributed by atoms with Crippen molar-refractivity contribution in [2.24, 2.45) is 0 Å². The summed E-state index contributed by atoms with van der Waals surface area (Å²) in [6, 6.07) is 12.3. The standard InChI is InChI=1S/C32H41N5O6/c1-32(2,3)27-21-28(37(35-27)43-31(40)33-22-9-5-4-6-10-22)34-30(39)29(38)25-13-14-26(24-12-8-7-11-23(24)25)42-20-17-36-15-18-41-19-16-36/h7-8,11-14,21-22H,4-6,9-10,15-20H2,1-3H3,(H,33,40)(H,34,39). The highest BCUT2D eigenvalue weighted by atomic mass is 16.7. The van der Waals surface area contributed by atoms with E-state index in [4.69, 9.17) is 14.3 Å². The molecule has 0 spiro atoms. The normalized spacial score (nSPS) is 16.5. The van der Waals surface area contributed by atoms with Crippen molar-refractivity contribution in [3.05, 3.63) is 53.7 Å². The maximum Gasteiger partial charge on any atom is 0.433 e. The summed E-state index contributed by atoms with van der Waals surface area (Å²) >= 11 is 0. The Balaban J connectivity index is 1.30. The molecule has 1 aliphatic heterocycles. The fourth-order valence-electron chi connectivity index (χ4n) is 5.40. The molecule has 3 aromatic rings. The fourth-order valence-corrected chi connectivity index (χ4v) is 5.40. The molecule has 2 heterocycles. The molecule has 0 unspecified atom stereocenters. The van der Waals surface area contributed by atoms with Gasteiger partial charge in [-0.25, -0.2) is 4.79 Å². The summed E-state index contributed by atoms with van der Waals surface area (Å²) in [7, 11) is 0. The number of ether oxygens (including phenoxy) is 2. The maximum atomic E-state index is 13.5. The zero-order chi connectivity index (χ0) is 30.4. The molecule has 43 heavy (non-hydrogen) atoms. The molecule has 5 rings (SSSR count). The molecule has 11 nitrogen and oxygen atoms in total. The van der Waals surface area contributed by atoms with Crippen LogP contribution >= 0.6 is 0 Å². The number of carbonyl (C=O) groups excluding carboxylic acids is 3. The maximum absolute atomic E-state index is 13.5. The van der Waals surface area contributed by atoms with Crippen molar-refractivity contribution in [1.82, 2.24) is 20.2 Å². The van der Waals surface area contributed by atoms with Gasteiger partial charge in [0.1, 0.15) is 12.4 Å². The lowest BCUT2D eigenvalue weighted by molar-refractivity contribution is -0.112. The number of nitrogens with zero attached hydrogens (tertiary/aromatic N) is 3. The summed E-state index contributed by atoms with van der Waals surface area (Å²) < 4.78 is 11.5. The van der Waals surface area contributed by atoms with Crippen molar-refractivity contribution < 1.29 is 28.7 Å². The Morgan fingerprint density at radius 3 is 2.44 bits per heavy atom. The number of hydrogen-bond donors (Lipinski definition) is 2. The third-order valence-corrected chi connectivity index (χ3v) is 7.89. The lowest BCUT2D eigenvalue weighted by Gasteiger charge is -2.26. The van der Waals surface area contributed by atoms with Crippen LogP contribution in [0.4, 0.5) is 10.6 Å². The quantitative estimate of drug-likeness (QED) is 0.278. The Bertz CT molecular complexity index is 1450. The van der Waals surface area contributed by atoms with E-state index in [1.807, 2.05) is 39.0 Å². The van der Waals surface area contributed by atoms with Gasteiger partial charge in [0, 0.05) is 48.1 Å². The van der Waals surface area contributed by atoms with Crippen molar-refractivity contribution in [3.63, 3.8) is 0 Å². The van der Waals surface area contributed by atoms with Gasteiger partial charge in [-0.3, -0.25) is 19.3 Å². The average Bonchev–Trinajstić information content (AvgIpc) is 3.40. The van der Waals surface area contributed by atoms with Gasteiger partial charge in [0.2, 0.25) is 0 Å². The van der Waals surface area contributed by atoms with Crippen molar-refractivity contribution in [1.29, 1.82) is 0 Å². The molecule has 2 amide bonds. The van der Waals surface area contributed by atoms with E-state index in [2.05, 4.69) is 20.6 Å². The van der Waals surface area contributed by atoms with Crippen LogP contribution in [0.1, 0.15) is 68.9 Å². The number of morpholine rings is 1. The van der Waals surface area contributed by atoms with E-state index in [1.165, 1.54) is 0 Å². The Kier molecular flexibility index (Phi) is 9.62. The van der Waals surface area contributed by atoms with E-state index >= 15 is 0 Å². The summed E-state index contributed by atoms with van der Waals surface area (Å²) in [5, 5.41) is 11.3. The SMILES string of the molecule is CC(C)(C)c1cc(NC(=O)C(=O)c2ccc(OCCN3CCOCC3)c3ccccc23)n(OC(=O)NC2CCCCC2)n1. The average molecular weight is 592 g/mol. The number of benzene rings is 2. The van der Waals surface area contributed by atoms with Crippen molar-refractivity contribution in [2.75, 3.05) is 44.8 Å². The van der Waals surface area contributed by atoms with E-state index in [-0.39, 0.29) is 17.4 Å². The molecule has 1 aliphatic carbocycles. The number of anilines is 1. The topological polar surface area (TPSA) is 124 Å². The number of aromatic nitrogens is 2. The smallest absolute Gasteiger partial charge is 0.433 e. The Hall–Kier alpha value is -3.96. The summed E-state index contributed by atoms with van der Waals surface area (Å²) in [6.07, 6.45) is 4.40. The second-order valence-electron chi connectivity index (χ2n) is 12.1. The van der Waals surface area contributed by atoms with Crippen LogP contribution in [0.25, 0.3) is 10.8 Å². The van der Waals surface area contributed by atoms with E-state index < -0.39 is 23.2 Å². The number of Topliss-reactive ketones (excluding diaryl/α,β-unsaturated/α-hetero) is 1. The number of fused-ring (bicyclic) bond motifs is 1. The lowest BCUT2D eigenvalue weighted by Crippen LogP contribution is -2.41. The molecular weight excluding hydrogens is 550 g/mol. The molecule has 230 valence electrons. The van der Waals surface area contributed by atoms with Gasteiger partial charge >= 0.3 is 6.09 Å². The van der Waals surface area contributed by atoms with Crippen LogP contribution in [-0.2, 0) is 14.9 Å². The number of nitrogens with one attached hydrogen (secondary N) is 2. The first-order valence-electron chi connectivity index (χ1n) is 15.1. The first-order chi connectivity index (χ1) is 20.7. The van der Waals surface area contributed by atoms with Gasteiger partial charge in [-0.15, -0.1) is 5.10 Å². The number of hydrogen-bond acceptors (Lipinski definition) is 8. The molecule has 2 fully saturated rings. The zero-order valence-corrected chi connectivity index (χ0v) is 25.2. The van der Waals surface area contributed by atoms with Gasteiger partial charge in [0.15, 0.2) is 5.82 Å². The summed E-state index contributed by atoms with van der Waals surface area (Å²) in [5.74, 6) is -0.864. The van der Waals surface area contributed by atoms with Gasteiger partial charge in [-0.05, 0) is 30.4 Å². The largest absolute Gasteiger partial charge is 0.492 e. The van der Waals surface area contributed by atoms with Crippen LogP contribution < -0.4 is 20.2 Å². The second-order valence-corrected chi connectivity index (χ2v) is 12.1. The summed E-state index contributed by atoms with van der Waals surface area (Å²) in [6.45, 7) is 10.3. The molecule has 0 radical (unpaired) electrons. The van der Waals surface area contributed by atoms with E-state index in [0.717, 1.165) is 75.2 Å². The van der Waals surface area contributed by atoms with Gasteiger partial charge < -0.3 is 20.1 Å². The van der Waals surface area contributed by atoms with Crippen molar-refractivity contribution in [3.8, 4) is 5.75 Å². The van der Waals surface area contributed by atoms with Crippen LogP contribution in [0.2, 0.25) is 0 Å². The summed E-state index contributed by atoms with van der Waals surface area (Å²) in [5.41, 5.74) is 0.433. The monoisotopic (exact) mass is 591 g/mol. The minimum atomic E-state index is -0.871. The van der Waals surface area contributed by atoms with Gasteiger partial charge in [-0.2, -0.15) is 0 Å². The second kappa shape index (κ2) is 13.6. The number of ketones is 1. The predicted molar refractivity (Wildman–Crippen MR) is 163 cm³/mol. The predicted octanol–water partition coefficient (Wildman–Crippen LogP) is 4.34. The minimum absolute atomic E-state index is 0.0399. The van der Waals surface area contributed by atoms with Crippen LogP contribution in [0, 0.1) is 0 Å². The van der Waals surface area contributed by atoms with Gasteiger partial charge in [-0.1, -0.05) is 69.1 Å². The molecular formula is C32H41N5O6. The first kappa shape index (κ1) is 30.5. The molecule has 2 aliphatic rings. The zero-order valence-electron chi connectivity index (χ0n) is 25.2. The van der Waals surface area contributed by atoms with E-state index in [9.17, 15) is 14.4 Å². The Morgan fingerprint density at radius 2 is 1.72 bits per heavy atom. The van der Waals surface area contributed by atoms with Gasteiger partial charge in [0.05, 0.1) is 18.9 Å². The molecule has 2 N–H and O–H groups in total. The van der Waals surface area contributed by atoms with E-state index in [0.29, 0.717) is 23.4 Å². The molecule has 2 aromatic carbocycles. The molecule has 1 aromatic heterocycles. The number of amides is 2. The summed E-state index contributed by atoms with van der Waals surface area (Å²) in [4.78, 5) is 48.2. The molecule has 1 saturated heterocycles. The highest BCUT2D eigenvalue weighted by Gasteiger charge is 2.27. The van der Waals surface area contributed by atoms with Crippen LogP contribution in [-0.4, -0.2) is 78.1 Å². The van der Waals surface area contributed by atoms with Crippen molar-refractivity contribution in [2.45, 2.75) is 64.3 Å². The highest BCUT2D eigenvalue weighted by Crippen LogP contribution is 2.30. The minimum Gasteiger partial charge on any atom is -0.492 e. The van der Waals surface area contributed by atoms with Crippen LogP contribution in [0.15, 0.2) is 42.5 Å². The highest BCUT2D eigenvalue weighted by molar-refractivity contribution is 6.48. The third-order valence-electron chi connectivity index (χ3n) is 7.89. The van der Waals surface area contributed by atoms with Crippen LogP contribution in [0.5, 0.6) is 5.75 Å². The molecule has 1 saturated carbocycles. The molecule has 0 bridgehead atoms. The molecule has 11 heteroatoms. The third kappa shape index (κ3) is 7.71. The number of rotatable bonds is 9. The van der Waals surface area contributed by atoms with Gasteiger partial charge in [0.25, 0.3) is 11.7 Å².